The summed E-state index contributed by atoms with van der Waals surface area (Å²) in [6.45, 7) is 0.442. The van der Waals surface area contributed by atoms with Crippen LogP contribution in [0.2, 0.25) is 0 Å². The van der Waals surface area contributed by atoms with Gasteiger partial charge in [-0.3, -0.25) is 9.36 Å². The van der Waals surface area contributed by atoms with Crippen LogP contribution in [0.1, 0.15) is 5.76 Å². The number of carbonyl (C=O) groups is 1. The number of hydrogen-bond donors (Lipinski definition) is 1. The van der Waals surface area contributed by atoms with Crippen molar-refractivity contribution in [3.8, 4) is 22.9 Å². The van der Waals surface area contributed by atoms with Gasteiger partial charge in [0.25, 0.3) is 0 Å². The number of aromatic nitrogens is 3. The summed E-state index contributed by atoms with van der Waals surface area (Å²) >= 11 is 1.30. The number of nitrogens with one attached hydrogen (secondary N) is 1. The van der Waals surface area contributed by atoms with Crippen LogP contribution in [0.5, 0.6) is 11.5 Å². The predicted molar refractivity (Wildman–Crippen MR) is 122 cm³/mol. The third-order valence-electron chi connectivity index (χ3n) is 4.67. The molecule has 32 heavy (non-hydrogen) atoms. The first-order valence-corrected chi connectivity index (χ1v) is 10.8. The standard InChI is InChI=1S/C23H22N4O4S/c1-29-17-11-9-16(10-12-17)22-25-26-23(27(22)14-18-6-5-13-31-18)32-15-21(28)24-19-7-3-4-8-20(19)30-2/h3-13H,14-15H2,1-2H3,(H,24,28). The molecule has 0 aliphatic carbocycles. The van der Waals surface area contributed by atoms with Gasteiger partial charge in [-0.2, -0.15) is 0 Å². The molecule has 4 rings (SSSR count). The zero-order valence-electron chi connectivity index (χ0n) is 17.6. The van der Waals surface area contributed by atoms with E-state index in [1.165, 1.54) is 11.8 Å². The molecule has 0 spiro atoms. The van der Waals surface area contributed by atoms with Gasteiger partial charge in [0.2, 0.25) is 5.91 Å². The Kier molecular flexibility index (Phi) is 6.76. The van der Waals surface area contributed by atoms with Crippen molar-refractivity contribution in [1.82, 2.24) is 14.8 Å². The van der Waals surface area contributed by atoms with Crippen molar-refractivity contribution in [1.29, 1.82) is 0 Å². The topological polar surface area (TPSA) is 91.4 Å². The Balaban J connectivity index is 1.53. The van der Waals surface area contributed by atoms with Crippen molar-refractivity contribution in [2.24, 2.45) is 0 Å². The zero-order valence-corrected chi connectivity index (χ0v) is 18.5. The fraction of sp³-hybridized carbons (Fsp3) is 0.174. The lowest BCUT2D eigenvalue weighted by Gasteiger charge is -2.11. The van der Waals surface area contributed by atoms with E-state index in [4.69, 9.17) is 13.9 Å². The first kappa shape index (κ1) is 21.5. The Morgan fingerprint density at radius 3 is 2.56 bits per heavy atom. The second-order valence-corrected chi connectivity index (χ2v) is 7.68. The molecule has 2 heterocycles. The average molecular weight is 451 g/mol. The fourth-order valence-electron chi connectivity index (χ4n) is 3.11. The van der Waals surface area contributed by atoms with Gasteiger partial charge >= 0.3 is 0 Å². The van der Waals surface area contributed by atoms with Crippen molar-refractivity contribution in [3.63, 3.8) is 0 Å². The summed E-state index contributed by atoms with van der Waals surface area (Å²) < 4.78 is 18.0. The highest BCUT2D eigenvalue weighted by Gasteiger charge is 2.17. The third-order valence-corrected chi connectivity index (χ3v) is 5.64. The molecule has 0 aliphatic heterocycles. The van der Waals surface area contributed by atoms with Gasteiger partial charge in [-0.25, -0.2) is 0 Å². The first-order valence-electron chi connectivity index (χ1n) is 9.83. The molecule has 1 amide bonds. The number of ether oxygens (including phenoxy) is 2. The van der Waals surface area contributed by atoms with E-state index in [-0.39, 0.29) is 11.7 Å². The van der Waals surface area contributed by atoms with E-state index >= 15 is 0 Å². The maximum absolute atomic E-state index is 12.6. The molecule has 0 bridgehead atoms. The van der Waals surface area contributed by atoms with Crippen molar-refractivity contribution in [2.75, 3.05) is 25.3 Å². The normalized spacial score (nSPS) is 10.7. The van der Waals surface area contributed by atoms with Crippen LogP contribution in [-0.2, 0) is 11.3 Å². The number of carbonyl (C=O) groups excluding carboxylic acids is 1. The Hall–Kier alpha value is -3.72. The summed E-state index contributed by atoms with van der Waals surface area (Å²) in [6, 6.07) is 18.6. The molecule has 4 aromatic rings. The van der Waals surface area contributed by atoms with Crippen LogP contribution in [0.15, 0.2) is 76.5 Å². The van der Waals surface area contributed by atoms with E-state index in [2.05, 4.69) is 15.5 Å². The number of nitrogens with zero attached hydrogens (tertiary/aromatic N) is 3. The summed E-state index contributed by atoms with van der Waals surface area (Å²) in [5.41, 5.74) is 1.51. The van der Waals surface area contributed by atoms with Gasteiger partial charge in [0.1, 0.15) is 17.3 Å². The molecule has 0 saturated heterocycles. The monoisotopic (exact) mass is 450 g/mol. The molecule has 1 N–H and O–H groups in total. The zero-order chi connectivity index (χ0) is 22.3. The highest BCUT2D eigenvalue weighted by atomic mass is 32.2. The average Bonchev–Trinajstić information content (AvgIpc) is 3.48. The second kappa shape index (κ2) is 10.1. The number of anilines is 1. The summed E-state index contributed by atoms with van der Waals surface area (Å²) in [4.78, 5) is 12.6. The lowest BCUT2D eigenvalue weighted by molar-refractivity contribution is -0.113. The van der Waals surface area contributed by atoms with Crippen molar-refractivity contribution >= 4 is 23.4 Å². The van der Waals surface area contributed by atoms with Crippen LogP contribution in [0.3, 0.4) is 0 Å². The Labute approximate surface area is 189 Å². The van der Waals surface area contributed by atoms with Crippen LogP contribution < -0.4 is 14.8 Å². The molecule has 0 atom stereocenters. The molecular weight excluding hydrogens is 428 g/mol. The molecule has 164 valence electrons. The van der Waals surface area contributed by atoms with E-state index < -0.39 is 0 Å². The quantitative estimate of drug-likeness (QED) is 0.379. The van der Waals surface area contributed by atoms with Crippen LogP contribution in [0.4, 0.5) is 5.69 Å². The van der Waals surface area contributed by atoms with Crippen molar-refractivity contribution in [2.45, 2.75) is 11.7 Å². The summed E-state index contributed by atoms with van der Waals surface area (Å²) in [5, 5.41) is 12.2. The van der Waals surface area contributed by atoms with Crippen LogP contribution >= 0.6 is 11.8 Å². The maximum atomic E-state index is 12.6. The number of furan rings is 1. The van der Waals surface area contributed by atoms with E-state index in [9.17, 15) is 4.79 Å². The number of thioether (sulfide) groups is 1. The lowest BCUT2D eigenvalue weighted by atomic mass is 10.2. The van der Waals surface area contributed by atoms with Gasteiger partial charge in [0.05, 0.1) is 38.5 Å². The molecule has 8 nitrogen and oxygen atoms in total. The van der Waals surface area contributed by atoms with E-state index in [1.54, 1.807) is 32.6 Å². The van der Waals surface area contributed by atoms with E-state index in [1.807, 2.05) is 53.1 Å². The molecule has 0 radical (unpaired) electrons. The molecule has 9 heteroatoms. The Morgan fingerprint density at radius 1 is 1.03 bits per heavy atom. The Morgan fingerprint density at radius 2 is 1.84 bits per heavy atom. The number of methoxy groups -OCH3 is 2. The number of amides is 1. The maximum Gasteiger partial charge on any atom is 0.234 e. The summed E-state index contributed by atoms with van der Waals surface area (Å²) in [5.74, 6) is 2.80. The number of para-hydroxylation sites is 2. The smallest absolute Gasteiger partial charge is 0.234 e. The van der Waals surface area contributed by atoms with Crippen molar-refractivity contribution < 1.29 is 18.7 Å². The highest BCUT2D eigenvalue weighted by molar-refractivity contribution is 7.99. The lowest BCUT2D eigenvalue weighted by Crippen LogP contribution is -2.15. The number of rotatable bonds is 9. The molecule has 0 fully saturated rings. The highest BCUT2D eigenvalue weighted by Crippen LogP contribution is 2.28. The predicted octanol–water partition coefficient (Wildman–Crippen LogP) is 4.33. The minimum atomic E-state index is -0.168. The minimum absolute atomic E-state index is 0.164. The second-order valence-electron chi connectivity index (χ2n) is 6.74. The van der Waals surface area contributed by atoms with Crippen LogP contribution in [-0.4, -0.2) is 40.6 Å². The fourth-order valence-corrected chi connectivity index (χ4v) is 3.85. The molecule has 2 aromatic heterocycles. The number of benzene rings is 2. The largest absolute Gasteiger partial charge is 0.497 e. The minimum Gasteiger partial charge on any atom is -0.497 e. The molecule has 0 saturated carbocycles. The van der Waals surface area contributed by atoms with Crippen molar-refractivity contribution in [3.05, 3.63) is 72.7 Å². The SMILES string of the molecule is COc1ccc(-c2nnc(SCC(=O)Nc3ccccc3OC)n2Cc2ccco2)cc1. The number of hydrogen-bond acceptors (Lipinski definition) is 7. The first-order chi connectivity index (χ1) is 15.7. The third kappa shape index (κ3) is 4.94. The Bertz CT molecular complexity index is 1170. The summed E-state index contributed by atoms with van der Waals surface area (Å²) in [7, 11) is 3.19. The van der Waals surface area contributed by atoms with Gasteiger partial charge in [0, 0.05) is 5.56 Å². The van der Waals surface area contributed by atoms with Gasteiger partial charge in [-0.1, -0.05) is 23.9 Å². The van der Waals surface area contributed by atoms with E-state index in [0.717, 1.165) is 17.1 Å². The summed E-state index contributed by atoms with van der Waals surface area (Å²) in [6.07, 6.45) is 1.63. The van der Waals surface area contributed by atoms with Gasteiger partial charge in [0.15, 0.2) is 11.0 Å². The molecule has 0 aliphatic rings. The van der Waals surface area contributed by atoms with Crippen LogP contribution in [0.25, 0.3) is 11.4 Å². The van der Waals surface area contributed by atoms with Gasteiger partial charge in [-0.15, -0.1) is 10.2 Å². The molecule has 0 unspecified atom stereocenters. The molecule has 2 aromatic carbocycles. The van der Waals surface area contributed by atoms with Crippen LogP contribution in [0, 0.1) is 0 Å². The van der Waals surface area contributed by atoms with Gasteiger partial charge in [-0.05, 0) is 48.5 Å². The van der Waals surface area contributed by atoms with Gasteiger partial charge < -0.3 is 19.2 Å². The molecular formula is C23H22N4O4S. The van der Waals surface area contributed by atoms with E-state index in [0.29, 0.717) is 29.0 Å².